The first kappa shape index (κ1) is 15.4. The molecule has 0 N–H and O–H groups in total. The number of hydrogen-bond donors (Lipinski definition) is 0. The molecule has 4 nitrogen and oxygen atoms in total. The molecule has 0 unspecified atom stereocenters. The highest BCUT2D eigenvalue weighted by molar-refractivity contribution is 7.16. The van der Waals surface area contributed by atoms with Crippen molar-refractivity contribution in [3.05, 3.63) is 29.1 Å². The molecule has 1 heterocycles. The summed E-state index contributed by atoms with van der Waals surface area (Å²) < 4.78 is 8.44. The number of nitrogens with zero attached hydrogens (tertiary/aromatic N) is 2. The number of methoxy groups -OCH3 is 1. The number of carbonyl (C=O) groups is 1. The van der Waals surface area contributed by atoms with Gasteiger partial charge in [0.1, 0.15) is 0 Å². The first-order valence-electron chi connectivity index (χ1n) is 7.93. The third-order valence-electron chi connectivity index (χ3n) is 4.27. The average Bonchev–Trinajstić information content (AvgIpc) is 3.12. The topological polar surface area (TPSA) is 43.6 Å². The molecule has 0 bridgehead atoms. The van der Waals surface area contributed by atoms with Gasteiger partial charge < -0.3 is 9.30 Å². The van der Waals surface area contributed by atoms with Crippen molar-refractivity contribution in [2.24, 2.45) is 10.9 Å². The maximum Gasteiger partial charge on any atom is 0.248 e. The van der Waals surface area contributed by atoms with Crippen molar-refractivity contribution in [3.8, 4) is 0 Å². The summed E-state index contributed by atoms with van der Waals surface area (Å²) in [6, 6.07) is 8.18. The van der Waals surface area contributed by atoms with Gasteiger partial charge in [-0.25, -0.2) is 0 Å². The van der Waals surface area contributed by atoms with Gasteiger partial charge in [-0.1, -0.05) is 36.3 Å². The Labute approximate surface area is 134 Å². The first-order valence-corrected chi connectivity index (χ1v) is 8.74. The highest BCUT2D eigenvalue weighted by Crippen LogP contribution is 2.27. The molecule has 1 amide bonds. The van der Waals surface area contributed by atoms with E-state index in [0.29, 0.717) is 18.9 Å². The van der Waals surface area contributed by atoms with Gasteiger partial charge in [0.05, 0.1) is 16.8 Å². The molecular formula is C17H22N2O2S. The predicted octanol–water partition coefficient (Wildman–Crippen LogP) is 3.36. The SMILES string of the molecule is COCCn1c(=NC(=O)CC2CCCC2)sc2ccccc21. The van der Waals surface area contributed by atoms with E-state index < -0.39 is 0 Å². The fourth-order valence-electron chi connectivity index (χ4n) is 3.12. The van der Waals surface area contributed by atoms with Crippen molar-refractivity contribution in [1.82, 2.24) is 4.57 Å². The largest absolute Gasteiger partial charge is 0.383 e. The van der Waals surface area contributed by atoms with Crippen molar-refractivity contribution >= 4 is 27.5 Å². The Hall–Kier alpha value is -1.46. The summed E-state index contributed by atoms with van der Waals surface area (Å²) in [5.41, 5.74) is 1.12. The highest BCUT2D eigenvalue weighted by Gasteiger charge is 2.18. The van der Waals surface area contributed by atoms with Crippen LogP contribution in [-0.4, -0.2) is 24.2 Å². The second-order valence-corrected chi connectivity index (χ2v) is 6.87. The Morgan fingerprint density at radius 3 is 2.91 bits per heavy atom. The number of thiazole rings is 1. The number of fused-ring (bicyclic) bond motifs is 1. The van der Waals surface area contributed by atoms with Crippen LogP contribution in [0, 0.1) is 5.92 Å². The zero-order valence-corrected chi connectivity index (χ0v) is 13.8. The first-order chi connectivity index (χ1) is 10.8. The Morgan fingerprint density at radius 1 is 1.36 bits per heavy atom. The molecule has 118 valence electrons. The standard InChI is InChI=1S/C17H22N2O2S/c1-21-11-10-19-14-8-4-5-9-15(14)22-17(19)18-16(20)12-13-6-2-3-7-13/h4-5,8-9,13H,2-3,6-7,10-12H2,1H3. The van der Waals surface area contributed by atoms with Crippen LogP contribution in [0.5, 0.6) is 0 Å². The van der Waals surface area contributed by atoms with Crippen molar-refractivity contribution in [2.45, 2.75) is 38.6 Å². The van der Waals surface area contributed by atoms with Crippen LogP contribution in [0.1, 0.15) is 32.1 Å². The number of rotatable bonds is 5. The lowest BCUT2D eigenvalue weighted by Crippen LogP contribution is -2.19. The van der Waals surface area contributed by atoms with Crippen LogP contribution >= 0.6 is 11.3 Å². The molecule has 22 heavy (non-hydrogen) atoms. The van der Waals surface area contributed by atoms with Gasteiger partial charge >= 0.3 is 0 Å². The van der Waals surface area contributed by atoms with Crippen molar-refractivity contribution in [3.63, 3.8) is 0 Å². The zero-order valence-electron chi connectivity index (χ0n) is 13.0. The van der Waals surface area contributed by atoms with Crippen LogP contribution < -0.4 is 4.80 Å². The number of para-hydroxylation sites is 1. The Bertz CT molecular complexity index is 711. The predicted molar refractivity (Wildman–Crippen MR) is 88.8 cm³/mol. The maximum atomic E-state index is 12.3. The molecule has 5 heteroatoms. The Balaban J connectivity index is 1.90. The van der Waals surface area contributed by atoms with Crippen LogP contribution in [-0.2, 0) is 16.1 Å². The van der Waals surface area contributed by atoms with E-state index in [0.717, 1.165) is 21.6 Å². The molecule has 0 radical (unpaired) electrons. The van der Waals surface area contributed by atoms with Crippen LogP contribution in [0.15, 0.2) is 29.3 Å². The molecule has 2 aromatic rings. The molecule has 1 fully saturated rings. The fraction of sp³-hybridized carbons (Fsp3) is 0.529. The molecule has 1 aromatic carbocycles. The van der Waals surface area contributed by atoms with E-state index in [1.54, 1.807) is 18.4 Å². The average molecular weight is 318 g/mol. The minimum Gasteiger partial charge on any atom is -0.383 e. The number of amides is 1. The van der Waals surface area contributed by atoms with Gasteiger partial charge in [-0.2, -0.15) is 4.99 Å². The Morgan fingerprint density at radius 2 is 2.14 bits per heavy atom. The number of ether oxygens (including phenoxy) is 1. The second-order valence-electron chi connectivity index (χ2n) is 5.86. The summed E-state index contributed by atoms with van der Waals surface area (Å²) in [4.78, 5) is 17.5. The molecule has 0 atom stereocenters. The zero-order chi connectivity index (χ0) is 15.4. The van der Waals surface area contributed by atoms with E-state index in [1.807, 2.05) is 12.1 Å². The van der Waals surface area contributed by atoms with Gasteiger partial charge in [0.2, 0.25) is 5.91 Å². The number of aromatic nitrogens is 1. The quantitative estimate of drug-likeness (QED) is 0.848. The number of benzene rings is 1. The molecule has 0 aliphatic heterocycles. The molecular weight excluding hydrogens is 296 g/mol. The van der Waals surface area contributed by atoms with E-state index in [-0.39, 0.29) is 5.91 Å². The summed E-state index contributed by atoms with van der Waals surface area (Å²) in [7, 11) is 1.69. The van der Waals surface area contributed by atoms with Gasteiger partial charge in [-0.05, 0) is 30.9 Å². The molecule has 1 saturated carbocycles. The van der Waals surface area contributed by atoms with Crippen LogP contribution in [0.3, 0.4) is 0 Å². The van der Waals surface area contributed by atoms with E-state index in [2.05, 4.69) is 21.7 Å². The lowest BCUT2D eigenvalue weighted by atomic mass is 10.0. The smallest absolute Gasteiger partial charge is 0.248 e. The highest BCUT2D eigenvalue weighted by atomic mass is 32.1. The van der Waals surface area contributed by atoms with Gasteiger partial charge in [0, 0.05) is 20.1 Å². The van der Waals surface area contributed by atoms with Crippen molar-refractivity contribution < 1.29 is 9.53 Å². The van der Waals surface area contributed by atoms with E-state index in [1.165, 1.54) is 25.7 Å². The summed E-state index contributed by atoms with van der Waals surface area (Å²) in [5.74, 6) is 0.558. The van der Waals surface area contributed by atoms with E-state index in [9.17, 15) is 4.79 Å². The number of hydrogen-bond acceptors (Lipinski definition) is 3. The molecule has 0 saturated heterocycles. The lowest BCUT2D eigenvalue weighted by Gasteiger charge is -2.05. The van der Waals surface area contributed by atoms with Crippen LogP contribution in [0.25, 0.3) is 10.2 Å². The number of carbonyl (C=O) groups excluding carboxylic acids is 1. The molecule has 1 aromatic heterocycles. The summed E-state index contributed by atoms with van der Waals surface area (Å²) >= 11 is 1.58. The van der Waals surface area contributed by atoms with Crippen LogP contribution in [0.2, 0.25) is 0 Å². The third kappa shape index (κ3) is 3.47. The summed E-state index contributed by atoms with van der Waals surface area (Å²) in [6.45, 7) is 1.33. The van der Waals surface area contributed by atoms with Gasteiger partial charge in [-0.3, -0.25) is 4.79 Å². The van der Waals surface area contributed by atoms with Crippen LogP contribution in [0.4, 0.5) is 0 Å². The minimum absolute atomic E-state index is 0.0182. The molecule has 1 aliphatic rings. The summed E-state index contributed by atoms with van der Waals surface area (Å²) in [6.07, 6.45) is 5.47. The van der Waals surface area contributed by atoms with Gasteiger partial charge in [0.15, 0.2) is 4.80 Å². The maximum absolute atomic E-state index is 12.3. The van der Waals surface area contributed by atoms with Gasteiger partial charge in [0.25, 0.3) is 0 Å². The monoisotopic (exact) mass is 318 g/mol. The summed E-state index contributed by atoms with van der Waals surface area (Å²) in [5, 5.41) is 0. The normalized spacial score (nSPS) is 16.7. The second kappa shape index (κ2) is 7.20. The molecule has 1 aliphatic carbocycles. The van der Waals surface area contributed by atoms with E-state index >= 15 is 0 Å². The fourth-order valence-corrected chi connectivity index (χ4v) is 4.19. The third-order valence-corrected chi connectivity index (χ3v) is 5.32. The van der Waals surface area contributed by atoms with Crippen molar-refractivity contribution in [1.29, 1.82) is 0 Å². The molecule has 0 spiro atoms. The van der Waals surface area contributed by atoms with E-state index in [4.69, 9.17) is 4.74 Å². The molecule has 3 rings (SSSR count). The van der Waals surface area contributed by atoms with Gasteiger partial charge in [-0.15, -0.1) is 0 Å². The van der Waals surface area contributed by atoms with Crippen molar-refractivity contribution in [2.75, 3.05) is 13.7 Å². The minimum atomic E-state index is 0.0182. The lowest BCUT2D eigenvalue weighted by molar-refractivity contribution is -0.118. The Kier molecular flexibility index (Phi) is 5.05.